The predicted octanol–water partition coefficient (Wildman–Crippen LogP) is 1.23. The molecular formula is C19H20FN5O4S. The summed E-state index contributed by atoms with van der Waals surface area (Å²) >= 11 is 1.13. The van der Waals surface area contributed by atoms with Crippen LogP contribution in [0.4, 0.5) is 10.1 Å². The standard InChI is InChI=1S/C19H20FN5O4S/c1-8-7-29-16-14(24-4-9(3-21)11(6-24)22-28-2)10(20)5-25-15(16)12(8)17-13(19(25)27)18(26)23-30-17/h5,8-9H,3-4,6-7,21H2,1-2H3,(H,23,26)/b22-11+. The van der Waals surface area contributed by atoms with E-state index in [1.165, 1.54) is 11.5 Å². The lowest BCUT2D eigenvalue weighted by molar-refractivity contribution is 0.211. The second-order valence-electron chi connectivity index (χ2n) is 7.62. The van der Waals surface area contributed by atoms with E-state index in [9.17, 15) is 9.59 Å². The van der Waals surface area contributed by atoms with E-state index in [4.69, 9.17) is 15.3 Å². The van der Waals surface area contributed by atoms with Crippen LogP contribution in [0, 0.1) is 11.7 Å². The SMILES string of the molecule is CO/N=C1\CN(c2c(F)cn3c(=O)c4c(=O)[nH]sc4c4c3c2OCC4C)CC1CN. The van der Waals surface area contributed by atoms with Gasteiger partial charge in [-0.1, -0.05) is 23.6 Å². The molecule has 2 aliphatic rings. The molecule has 1 saturated heterocycles. The highest BCUT2D eigenvalue weighted by molar-refractivity contribution is 7.13. The number of hydrogen-bond donors (Lipinski definition) is 2. The molecule has 3 N–H and O–H groups in total. The third-order valence-corrected chi connectivity index (χ3v) is 6.73. The normalized spacial score (nSPS) is 22.3. The summed E-state index contributed by atoms with van der Waals surface area (Å²) in [5.41, 5.74) is 7.16. The number of aromatic nitrogens is 2. The molecule has 5 heterocycles. The van der Waals surface area contributed by atoms with E-state index in [-0.39, 0.29) is 22.9 Å². The van der Waals surface area contributed by atoms with Crippen LogP contribution in [-0.2, 0) is 4.84 Å². The number of rotatable bonds is 3. The maximum Gasteiger partial charge on any atom is 0.271 e. The number of aromatic amines is 1. The Bertz CT molecular complexity index is 1330. The van der Waals surface area contributed by atoms with Gasteiger partial charge in [-0.05, 0) is 0 Å². The van der Waals surface area contributed by atoms with Gasteiger partial charge in [0.25, 0.3) is 11.1 Å². The van der Waals surface area contributed by atoms with Gasteiger partial charge in [0.05, 0.1) is 35.3 Å². The van der Waals surface area contributed by atoms with Gasteiger partial charge in [-0.3, -0.25) is 18.4 Å². The second kappa shape index (κ2) is 6.81. The van der Waals surface area contributed by atoms with Crippen molar-refractivity contribution in [2.24, 2.45) is 16.8 Å². The molecule has 0 aromatic carbocycles. The molecule has 11 heteroatoms. The summed E-state index contributed by atoms with van der Waals surface area (Å²) in [5.74, 6) is -0.450. The Kier molecular flexibility index (Phi) is 4.33. The van der Waals surface area contributed by atoms with Crippen molar-refractivity contribution in [2.45, 2.75) is 12.8 Å². The Balaban J connectivity index is 1.82. The summed E-state index contributed by atoms with van der Waals surface area (Å²) in [6.45, 7) is 3.42. The van der Waals surface area contributed by atoms with Crippen molar-refractivity contribution < 1.29 is 14.0 Å². The van der Waals surface area contributed by atoms with E-state index in [0.29, 0.717) is 42.2 Å². The van der Waals surface area contributed by atoms with Gasteiger partial charge in [-0.25, -0.2) is 4.39 Å². The van der Waals surface area contributed by atoms with Crippen LogP contribution in [0.25, 0.3) is 15.6 Å². The van der Waals surface area contributed by atoms with Gasteiger partial charge in [-0.2, -0.15) is 0 Å². The van der Waals surface area contributed by atoms with Gasteiger partial charge in [0.2, 0.25) is 0 Å². The number of H-pyrrole nitrogens is 1. The molecule has 2 unspecified atom stereocenters. The number of ether oxygens (including phenoxy) is 1. The summed E-state index contributed by atoms with van der Waals surface area (Å²) in [6, 6.07) is 0. The fourth-order valence-electron chi connectivity index (χ4n) is 4.44. The van der Waals surface area contributed by atoms with Gasteiger partial charge in [0.15, 0.2) is 11.6 Å². The van der Waals surface area contributed by atoms with E-state index in [1.54, 1.807) is 0 Å². The molecule has 158 valence electrons. The molecule has 1 fully saturated rings. The highest BCUT2D eigenvalue weighted by Gasteiger charge is 2.36. The Morgan fingerprint density at radius 3 is 3.00 bits per heavy atom. The molecule has 30 heavy (non-hydrogen) atoms. The lowest BCUT2D eigenvalue weighted by Crippen LogP contribution is -2.29. The number of pyridine rings is 2. The third-order valence-electron chi connectivity index (χ3n) is 5.82. The molecule has 3 aromatic heterocycles. The summed E-state index contributed by atoms with van der Waals surface area (Å²) in [7, 11) is 1.46. The third kappa shape index (κ3) is 2.51. The van der Waals surface area contributed by atoms with Crippen LogP contribution < -0.4 is 26.5 Å². The van der Waals surface area contributed by atoms with Crippen molar-refractivity contribution in [3.05, 3.63) is 38.3 Å². The molecule has 0 radical (unpaired) electrons. The highest BCUT2D eigenvalue weighted by Crippen LogP contribution is 2.45. The Labute approximate surface area is 173 Å². The van der Waals surface area contributed by atoms with Crippen molar-refractivity contribution in [1.82, 2.24) is 8.77 Å². The van der Waals surface area contributed by atoms with Crippen molar-refractivity contribution in [3.8, 4) is 5.75 Å². The monoisotopic (exact) mass is 433 g/mol. The topological polar surface area (TPSA) is 114 Å². The second-order valence-corrected chi connectivity index (χ2v) is 8.44. The number of fused-ring (bicyclic) bond motifs is 2. The molecule has 2 atom stereocenters. The summed E-state index contributed by atoms with van der Waals surface area (Å²) in [4.78, 5) is 32.0. The number of nitrogens with zero attached hydrogens (tertiary/aromatic N) is 3. The summed E-state index contributed by atoms with van der Waals surface area (Å²) in [5, 5.41) is 4.09. The average molecular weight is 433 g/mol. The average Bonchev–Trinajstić information content (AvgIpc) is 3.30. The lowest BCUT2D eigenvalue weighted by atomic mass is 9.97. The zero-order chi connectivity index (χ0) is 21.2. The fraction of sp³-hybridized carbons (Fsp3) is 0.421. The van der Waals surface area contributed by atoms with E-state index in [2.05, 4.69) is 9.53 Å². The largest absolute Gasteiger partial charge is 0.488 e. The lowest BCUT2D eigenvalue weighted by Gasteiger charge is -2.29. The van der Waals surface area contributed by atoms with Crippen molar-refractivity contribution >= 4 is 38.5 Å². The van der Waals surface area contributed by atoms with Gasteiger partial charge in [0, 0.05) is 30.5 Å². The van der Waals surface area contributed by atoms with Crippen LogP contribution in [0.5, 0.6) is 5.75 Å². The smallest absolute Gasteiger partial charge is 0.271 e. The first kappa shape index (κ1) is 19.1. The zero-order valence-electron chi connectivity index (χ0n) is 16.4. The summed E-state index contributed by atoms with van der Waals surface area (Å²) < 4.78 is 25.8. The number of halogens is 1. The molecule has 0 amide bonds. The molecule has 5 rings (SSSR count). The Morgan fingerprint density at radius 1 is 1.47 bits per heavy atom. The Morgan fingerprint density at radius 2 is 2.27 bits per heavy atom. The number of nitrogens with one attached hydrogen (secondary N) is 1. The first-order valence-corrected chi connectivity index (χ1v) is 10.4. The van der Waals surface area contributed by atoms with Gasteiger partial charge < -0.3 is 20.2 Å². The molecule has 0 saturated carbocycles. The maximum atomic E-state index is 15.4. The fourth-order valence-corrected chi connectivity index (χ4v) is 5.42. The van der Waals surface area contributed by atoms with E-state index in [0.717, 1.165) is 29.0 Å². The number of hydrogen-bond acceptors (Lipinski definition) is 8. The van der Waals surface area contributed by atoms with E-state index in [1.807, 2.05) is 11.8 Å². The van der Waals surface area contributed by atoms with Crippen LogP contribution >= 0.6 is 11.5 Å². The maximum absolute atomic E-state index is 15.4. The molecule has 0 aliphatic carbocycles. The minimum atomic E-state index is -0.611. The zero-order valence-corrected chi connectivity index (χ0v) is 17.2. The summed E-state index contributed by atoms with van der Waals surface area (Å²) in [6.07, 6.45) is 1.14. The van der Waals surface area contributed by atoms with Gasteiger partial charge in [-0.15, -0.1) is 0 Å². The predicted molar refractivity (Wildman–Crippen MR) is 113 cm³/mol. The van der Waals surface area contributed by atoms with Crippen LogP contribution in [0.3, 0.4) is 0 Å². The van der Waals surface area contributed by atoms with Gasteiger partial charge >= 0.3 is 0 Å². The molecule has 2 aliphatic heterocycles. The molecule has 9 nitrogen and oxygen atoms in total. The minimum absolute atomic E-state index is 0.0539. The quantitative estimate of drug-likeness (QED) is 0.601. The van der Waals surface area contributed by atoms with Crippen LogP contribution in [0.2, 0.25) is 0 Å². The molecule has 0 spiro atoms. The van der Waals surface area contributed by atoms with Gasteiger partial charge in [0.1, 0.15) is 18.2 Å². The molecule has 0 bridgehead atoms. The minimum Gasteiger partial charge on any atom is -0.488 e. The number of oxime groups is 1. The molecular weight excluding hydrogens is 413 g/mol. The molecule has 3 aromatic rings. The highest BCUT2D eigenvalue weighted by atomic mass is 32.1. The van der Waals surface area contributed by atoms with Crippen LogP contribution in [0.1, 0.15) is 18.4 Å². The van der Waals surface area contributed by atoms with Crippen molar-refractivity contribution in [1.29, 1.82) is 0 Å². The van der Waals surface area contributed by atoms with E-state index >= 15 is 4.39 Å². The Hall–Kier alpha value is -2.92. The van der Waals surface area contributed by atoms with Crippen molar-refractivity contribution in [2.75, 3.05) is 38.3 Å². The first-order valence-electron chi connectivity index (χ1n) is 9.55. The van der Waals surface area contributed by atoms with Crippen LogP contribution in [-0.4, -0.2) is 47.8 Å². The number of anilines is 1. The number of nitrogens with two attached hydrogens (primary N) is 1. The van der Waals surface area contributed by atoms with E-state index < -0.39 is 16.9 Å². The van der Waals surface area contributed by atoms with Crippen molar-refractivity contribution in [3.63, 3.8) is 0 Å². The van der Waals surface area contributed by atoms with Crippen LogP contribution in [0.15, 0.2) is 20.9 Å². The first-order chi connectivity index (χ1) is 14.5.